The van der Waals surface area contributed by atoms with Crippen molar-refractivity contribution in [2.24, 2.45) is 5.92 Å². The smallest absolute Gasteiger partial charge is 0.422 e. The minimum atomic E-state index is -4.65. The molecule has 1 amide bonds. The minimum absolute atomic E-state index is 0.00961. The number of rotatable bonds is 6. The number of piperazine rings is 1. The van der Waals surface area contributed by atoms with Gasteiger partial charge >= 0.3 is 18.4 Å². The molecule has 0 unspecified atom stereocenters. The van der Waals surface area contributed by atoms with E-state index in [0.717, 1.165) is 37.8 Å². The van der Waals surface area contributed by atoms with Crippen molar-refractivity contribution in [2.75, 3.05) is 43.0 Å². The fourth-order valence-electron chi connectivity index (χ4n) is 4.21. The number of hydrogen-bond acceptors (Lipinski definition) is 7. The fourth-order valence-corrected chi connectivity index (χ4v) is 4.21. The zero-order chi connectivity index (χ0) is 25.9. The molecule has 196 valence electrons. The lowest BCUT2D eigenvalue weighted by molar-refractivity contribution is -0.154. The number of aromatic nitrogens is 3. The van der Waals surface area contributed by atoms with Gasteiger partial charge in [-0.3, -0.25) is 4.79 Å². The monoisotopic (exact) mass is 518 g/mol. The number of carbonyl (C=O) groups excluding carboxylic acids is 1. The molecule has 0 bridgehead atoms. The number of benzene rings is 1. The molecule has 2 heterocycles. The molecule has 2 aliphatic rings. The summed E-state index contributed by atoms with van der Waals surface area (Å²) >= 11 is 0. The van der Waals surface area contributed by atoms with Gasteiger partial charge in [0, 0.05) is 37.8 Å². The highest BCUT2D eigenvalue weighted by Gasteiger charge is 2.32. The maximum absolute atomic E-state index is 13.0. The van der Waals surface area contributed by atoms with Gasteiger partial charge in [-0.05, 0) is 31.0 Å². The fraction of sp³-hybridized carbons (Fsp3) is 0.545. The molecule has 1 N–H and O–H groups in total. The lowest BCUT2D eigenvalue weighted by Crippen LogP contribution is -2.50. The number of amides is 1. The summed E-state index contributed by atoms with van der Waals surface area (Å²) in [5.41, 5.74) is -0.936. The first-order chi connectivity index (χ1) is 17.0. The maximum Gasteiger partial charge on any atom is 0.422 e. The van der Waals surface area contributed by atoms with Crippen molar-refractivity contribution in [3.8, 4) is 6.01 Å². The number of hydrogen-bond donors (Lipinski definition) is 1. The first-order valence-corrected chi connectivity index (χ1v) is 11.4. The molecular weight excluding hydrogens is 494 g/mol. The Balaban J connectivity index is 1.52. The van der Waals surface area contributed by atoms with Gasteiger partial charge in [0.05, 0.1) is 5.56 Å². The van der Waals surface area contributed by atoms with E-state index in [0.29, 0.717) is 26.2 Å². The topological polar surface area (TPSA) is 83.5 Å². The molecule has 4 rings (SSSR count). The Morgan fingerprint density at radius 1 is 1.00 bits per heavy atom. The predicted octanol–water partition coefficient (Wildman–Crippen LogP) is 4.41. The highest BCUT2D eigenvalue weighted by Crippen LogP contribution is 2.32. The van der Waals surface area contributed by atoms with Crippen molar-refractivity contribution in [1.29, 1.82) is 0 Å². The van der Waals surface area contributed by atoms with E-state index >= 15 is 0 Å². The Morgan fingerprint density at radius 3 is 2.33 bits per heavy atom. The van der Waals surface area contributed by atoms with Crippen molar-refractivity contribution in [3.63, 3.8) is 0 Å². The van der Waals surface area contributed by atoms with E-state index in [1.165, 1.54) is 12.1 Å². The number of nitrogens with zero attached hydrogens (tertiary/aromatic N) is 5. The molecule has 8 nitrogen and oxygen atoms in total. The summed E-state index contributed by atoms with van der Waals surface area (Å²) in [7, 11) is 0. The van der Waals surface area contributed by atoms with E-state index in [2.05, 4.69) is 25.0 Å². The average molecular weight is 518 g/mol. The second-order valence-electron chi connectivity index (χ2n) is 8.64. The van der Waals surface area contributed by atoms with Gasteiger partial charge in [-0.2, -0.15) is 41.3 Å². The van der Waals surface area contributed by atoms with Crippen LogP contribution in [-0.4, -0.2) is 64.7 Å². The van der Waals surface area contributed by atoms with Crippen molar-refractivity contribution in [2.45, 2.75) is 38.0 Å². The number of nitrogens with one attached hydrogen (secondary N) is 1. The van der Waals surface area contributed by atoms with E-state index < -0.39 is 30.5 Å². The molecule has 1 aromatic carbocycles. The minimum Gasteiger partial charge on any atom is -0.454 e. The van der Waals surface area contributed by atoms with Crippen LogP contribution in [0.4, 0.5) is 43.9 Å². The second-order valence-corrected chi connectivity index (χ2v) is 8.64. The van der Waals surface area contributed by atoms with Crippen LogP contribution in [0, 0.1) is 5.92 Å². The van der Waals surface area contributed by atoms with Crippen LogP contribution in [-0.2, 0) is 11.0 Å². The molecule has 1 aliphatic carbocycles. The first kappa shape index (κ1) is 25.8. The average Bonchev–Trinajstić information content (AvgIpc) is 3.37. The number of carbonyl (C=O) groups is 1. The van der Waals surface area contributed by atoms with E-state index in [1.807, 2.05) is 0 Å². The Labute approximate surface area is 202 Å². The Bertz CT molecular complexity index is 1070. The Hall–Kier alpha value is -3.32. The molecule has 2 fully saturated rings. The van der Waals surface area contributed by atoms with Crippen LogP contribution in [0.5, 0.6) is 6.01 Å². The van der Waals surface area contributed by atoms with Crippen LogP contribution in [0.3, 0.4) is 0 Å². The highest BCUT2D eigenvalue weighted by atomic mass is 19.4. The van der Waals surface area contributed by atoms with E-state index in [-0.39, 0.29) is 29.4 Å². The van der Waals surface area contributed by atoms with Crippen molar-refractivity contribution in [1.82, 2.24) is 19.9 Å². The lowest BCUT2D eigenvalue weighted by atomic mass is 10.1. The zero-order valence-corrected chi connectivity index (χ0v) is 19.1. The van der Waals surface area contributed by atoms with Crippen molar-refractivity contribution >= 4 is 23.5 Å². The molecular formula is C22H24F6N6O2. The summed E-state index contributed by atoms with van der Waals surface area (Å²) in [5.74, 6) is -0.158. The second kappa shape index (κ2) is 10.3. The first-order valence-electron chi connectivity index (χ1n) is 11.4. The van der Waals surface area contributed by atoms with Gasteiger partial charge in [0.25, 0.3) is 0 Å². The van der Waals surface area contributed by atoms with E-state index in [9.17, 15) is 31.1 Å². The number of halogens is 6. The summed E-state index contributed by atoms with van der Waals surface area (Å²) in [6.45, 7) is -0.232. The van der Waals surface area contributed by atoms with E-state index in [4.69, 9.17) is 0 Å². The van der Waals surface area contributed by atoms with Gasteiger partial charge < -0.3 is 19.9 Å². The molecule has 0 spiro atoms. The standard InChI is InChI=1S/C22H24F6N6O2/c23-21(24,25)13-36-20-31-18(29-16-7-3-6-15(12-16)22(26,27)28)30-19(32-20)34-10-8-33(9-11-34)17(35)14-4-1-2-5-14/h3,6-7,12,14H,1-2,4-5,8-11,13H2,(H,29,30,31,32). The summed E-state index contributed by atoms with van der Waals surface area (Å²) in [4.78, 5) is 28.0. The quantitative estimate of drug-likeness (QED) is 0.567. The summed E-state index contributed by atoms with van der Waals surface area (Å²) in [5, 5.41) is 2.58. The van der Waals surface area contributed by atoms with Crippen LogP contribution in [0.15, 0.2) is 24.3 Å². The van der Waals surface area contributed by atoms with Crippen LogP contribution in [0.2, 0.25) is 0 Å². The Morgan fingerprint density at radius 2 is 1.69 bits per heavy atom. The molecule has 0 radical (unpaired) electrons. The Kier molecular flexibility index (Phi) is 7.41. The number of ether oxygens (including phenoxy) is 1. The summed E-state index contributed by atoms with van der Waals surface area (Å²) < 4.78 is 81.9. The number of alkyl halides is 6. The van der Waals surface area contributed by atoms with Crippen LogP contribution >= 0.6 is 0 Å². The third-order valence-corrected chi connectivity index (χ3v) is 5.99. The molecule has 0 atom stereocenters. The normalized spacial score (nSPS) is 17.4. The van der Waals surface area contributed by atoms with E-state index in [1.54, 1.807) is 9.80 Å². The molecule has 1 aromatic heterocycles. The molecule has 1 aliphatic heterocycles. The SMILES string of the molecule is O=C(C1CCCC1)N1CCN(c2nc(Nc3cccc(C(F)(F)F)c3)nc(OCC(F)(F)F)n2)CC1. The maximum atomic E-state index is 13.0. The predicted molar refractivity (Wildman–Crippen MR) is 117 cm³/mol. The van der Waals surface area contributed by atoms with Gasteiger partial charge in [0.2, 0.25) is 17.8 Å². The third kappa shape index (κ3) is 6.66. The van der Waals surface area contributed by atoms with Crippen molar-refractivity contribution < 1.29 is 35.9 Å². The highest BCUT2D eigenvalue weighted by molar-refractivity contribution is 5.79. The van der Waals surface area contributed by atoms with Gasteiger partial charge in [-0.25, -0.2) is 0 Å². The van der Waals surface area contributed by atoms with Gasteiger partial charge in [0.15, 0.2) is 6.61 Å². The number of anilines is 3. The molecule has 1 saturated heterocycles. The molecule has 36 heavy (non-hydrogen) atoms. The lowest BCUT2D eigenvalue weighted by Gasteiger charge is -2.36. The molecule has 14 heteroatoms. The molecule has 2 aromatic rings. The largest absolute Gasteiger partial charge is 0.454 e. The van der Waals surface area contributed by atoms with Crippen LogP contribution in [0.1, 0.15) is 31.2 Å². The summed E-state index contributed by atoms with van der Waals surface area (Å²) in [6, 6.07) is 3.59. The third-order valence-electron chi connectivity index (χ3n) is 5.99. The zero-order valence-electron chi connectivity index (χ0n) is 19.1. The summed E-state index contributed by atoms with van der Waals surface area (Å²) in [6.07, 6.45) is -5.42. The van der Waals surface area contributed by atoms with Crippen molar-refractivity contribution in [3.05, 3.63) is 29.8 Å². The van der Waals surface area contributed by atoms with Crippen LogP contribution < -0.4 is 15.0 Å². The van der Waals surface area contributed by atoms with Gasteiger partial charge in [-0.15, -0.1) is 0 Å². The van der Waals surface area contributed by atoms with Gasteiger partial charge in [0.1, 0.15) is 0 Å². The van der Waals surface area contributed by atoms with Crippen LogP contribution in [0.25, 0.3) is 0 Å². The molecule has 1 saturated carbocycles. The van der Waals surface area contributed by atoms with Gasteiger partial charge in [-0.1, -0.05) is 18.9 Å².